The zero-order chi connectivity index (χ0) is 14.7. The van der Waals surface area contributed by atoms with Crippen LogP contribution in [0.1, 0.15) is 49.4 Å². The van der Waals surface area contributed by atoms with E-state index in [4.69, 9.17) is 5.11 Å². The van der Waals surface area contributed by atoms with E-state index in [1.807, 2.05) is 13.0 Å². The molecule has 1 aromatic rings. The zero-order valence-corrected chi connectivity index (χ0v) is 12.0. The highest BCUT2D eigenvalue weighted by Gasteiger charge is 2.22. The molecule has 4 heteroatoms. The van der Waals surface area contributed by atoms with Crippen LogP contribution in [-0.4, -0.2) is 17.0 Å². The summed E-state index contributed by atoms with van der Waals surface area (Å²) in [6.45, 7) is 3.29. The van der Waals surface area contributed by atoms with Crippen molar-refractivity contribution in [1.29, 1.82) is 0 Å². The summed E-state index contributed by atoms with van der Waals surface area (Å²) in [6.07, 6.45) is 4.68. The number of benzene rings is 1. The molecule has 0 fully saturated rings. The van der Waals surface area contributed by atoms with Gasteiger partial charge >= 0.3 is 5.97 Å². The Morgan fingerprint density at radius 3 is 2.45 bits per heavy atom. The summed E-state index contributed by atoms with van der Waals surface area (Å²) in [5, 5.41) is 11.6. The molecule has 20 heavy (non-hydrogen) atoms. The van der Waals surface area contributed by atoms with Crippen LogP contribution >= 0.6 is 0 Å². The molecule has 0 spiro atoms. The fourth-order valence-electron chi connectivity index (χ4n) is 2.56. The maximum absolute atomic E-state index is 11.8. The Kier molecular flexibility index (Phi) is 4.42. The molecule has 0 saturated heterocycles. The molecule has 0 radical (unpaired) electrons. The van der Waals surface area contributed by atoms with Crippen molar-refractivity contribution in [3.8, 4) is 0 Å². The lowest BCUT2D eigenvalue weighted by Gasteiger charge is -2.20. The van der Waals surface area contributed by atoms with Crippen LogP contribution in [-0.2, 0) is 22.4 Å². The van der Waals surface area contributed by atoms with Gasteiger partial charge in [0.15, 0.2) is 0 Å². The van der Waals surface area contributed by atoms with E-state index in [9.17, 15) is 9.59 Å². The average molecular weight is 275 g/mol. The van der Waals surface area contributed by atoms with Crippen LogP contribution in [0.5, 0.6) is 0 Å². The second-order valence-electron chi connectivity index (χ2n) is 5.53. The number of nitrogens with one attached hydrogen (secondary N) is 1. The standard InChI is InChI=1S/C16H21NO3/c1-10(16(19)20)15(18)17-11(2)13-8-7-12-5-3-4-6-14(12)9-13/h7-11H,3-6H2,1-2H3,(H,17,18)(H,19,20). The van der Waals surface area contributed by atoms with Crippen molar-refractivity contribution in [3.05, 3.63) is 34.9 Å². The lowest BCUT2D eigenvalue weighted by Crippen LogP contribution is -2.35. The molecule has 1 aliphatic carbocycles. The molecule has 108 valence electrons. The molecule has 1 aromatic carbocycles. The van der Waals surface area contributed by atoms with Crippen molar-refractivity contribution in [1.82, 2.24) is 5.32 Å². The Morgan fingerprint density at radius 2 is 1.80 bits per heavy atom. The molecule has 2 atom stereocenters. The Balaban J connectivity index is 2.07. The Bertz CT molecular complexity index is 524. The van der Waals surface area contributed by atoms with Crippen LogP contribution in [0.15, 0.2) is 18.2 Å². The molecular formula is C16H21NO3. The number of aliphatic carboxylic acids is 1. The number of fused-ring (bicyclic) bond motifs is 1. The summed E-state index contributed by atoms with van der Waals surface area (Å²) in [7, 11) is 0. The number of amides is 1. The van der Waals surface area contributed by atoms with E-state index in [-0.39, 0.29) is 6.04 Å². The van der Waals surface area contributed by atoms with Gasteiger partial charge in [-0.15, -0.1) is 0 Å². The summed E-state index contributed by atoms with van der Waals surface area (Å²) in [6, 6.07) is 6.13. The van der Waals surface area contributed by atoms with Gasteiger partial charge in [-0.25, -0.2) is 0 Å². The van der Waals surface area contributed by atoms with Crippen LogP contribution in [0.25, 0.3) is 0 Å². The highest BCUT2D eigenvalue weighted by molar-refractivity contribution is 5.96. The number of aryl methyl sites for hydroxylation is 2. The van der Waals surface area contributed by atoms with E-state index in [0.29, 0.717) is 0 Å². The quantitative estimate of drug-likeness (QED) is 0.829. The minimum atomic E-state index is -1.10. The number of carbonyl (C=O) groups excluding carboxylic acids is 1. The van der Waals surface area contributed by atoms with Crippen LogP contribution < -0.4 is 5.32 Å². The first-order chi connectivity index (χ1) is 9.49. The summed E-state index contributed by atoms with van der Waals surface area (Å²) in [5.41, 5.74) is 3.80. The smallest absolute Gasteiger partial charge is 0.315 e. The minimum absolute atomic E-state index is 0.170. The number of hydrogen-bond acceptors (Lipinski definition) is 2. The van der Waals surface area contributed by atoms with E-state index >= 15 is 0 Å². The molecule has 1 amide bonds. The van der Waals surface area contributed by atoms with Crippen molar-refractivity contribution in [2.24, 2.45) is 5.92 Å². The Hall–Kier alpha value is -1.84. The fourth-order valence-corrected chi connectivity index (χ4v) is 2.56. The van der Waals surface area contributed by atoms with Gasteiger partial charge in [-0.3, -0.25) is 9.59 Å². The van der Waals surface area contributed by atoms with E-state index in [2.05, 4.69) is 17.4 Å². The monoisotopic (exact) mass is 275 g/mol. The molecule has 0 saturated carbocycles. The van der Waals surface area contributed by atoms with E-state index in [1.54, 1.807) is 0 Å². The molecule has 0 bridgehead atoms. The summed E-state index contributed by atoms with van der Waals surface area (Å²) in [5.74, 6) is -2.56. The molecular weight excluding hydrogens is 254 g/mol. The van der Waals surface area contributed by atoms with Gasteiger partial charge in [0, 0.05) is 0 Å². The second-order valence-corrected chi connectivity index (χ2v) is 5.53. The molecule has 2 unspecified atom stereocenters. The van der Waals surface area contributed by atoms with Gasteiger partial charge < -0.3 is 10.4 Å². The van der Waals surface area contributed by atoms with Gasteiger partial charge in [-0.1, -0.05) is 18.2 Å². The van der Waals surface area contributed by atoms with Gasteiger partial charge in [0.05, 0.1) is 6.04 Å². The van der Waals surface area contributed by atoms with Gasteiger partial charge in [0.1, 0.15) is 5.92 Å². The Labute approximate surface area is 119 Å². The minimum Gasteiger partial charge on any atom is -0.481 e. The second kappa shape index (κ2) is 6.07. The number of carboxylic acid groups (broad SMARTS) is 1. The van der Waals surface area contributed by atoms with E-state index < -0.39 is 17.8 Å². The maximum atomic E-state index is 11.8. The van der Waals surface area contributed by atoms with E-state index in [0.717, 1.165) is 18.4 Å². The van der Waals surface area contributed by atoms with Crippen LogP contribution in [0.4, 0.5) is 0 Å². The first-order valence-electron chi connectivity index (χ1n) is 7.14. The molecule has 4 nitrogen and oxygen atoms in total. The first kappa shape index (κ1) is 14.6. The predicted molar refractivity (Wildman–Crippen MR) is 76.4 cm³/mol. The van der Waals surface area contributed by atoms with Crippen molar-refractivity contribution in [2.45, 2.75) is 45.6 Å². The van der Waals surface area contributed by atoms with Gasteiger partial charge in [0.25, 0.3) is 0 Å². The number of carboxylic acids is 1. The lowest BCUT2D eigenvalue weighted by atomic mass is 9.89. The summed E-state index contributed by atoms with van der Waals surface area (Å²) in [4.78, 5) is 22.6. The van der Waals surface area contributed by atoms with Crippen molar-refractivity contribution in [2.75, 3.05) is 0 Å². The lowest BCUT2D eigenvalue weighted by molar-refractivity contribution is -0.146. The molecule has 0 aromatic heterocycles. The topological polar surface area (TPSA) is 66.4 Å². The fraction of sp³-hybridized carbons (Fsp3) is 0.500. The van der Waals surface area contributed by atoms with Crippen molar-refractivity contribution < 1.29 is 14.7 Å². The predicted octanol–water partition coefficient (Wildman–Crippen LogP) is 2.46. The van der Waals surface area contributed by atoms with Crippen molar-refractivity contribution >= 4 is 11.9 Å². The first-order valence-corrected chi connectivity index (χ1v) is 7.14. The maximum Gasteiger partial charge on any atom is 0.315 e. The Morgan fingerprint density at radius 1 is 1.15 bits per heavy atom. The molecule has 0 heterocycles. The largest absolute Gasteiger partial charge is 0.481 e. The number of rotatable bonds is 4. The zero-order valence-electron chi connectivity index (χ0n) is 12.0. The number of hydrogen-bond donors (Lipinski definition) is 2. The normalized spacial score (nSPS) is 16.9. The van der Waals surface area contributed by atoms with Gasteiger partial charge in [0.2, 0.25) is 5.91 Å². The third-order valence-electron chi connectivity index (χ3n) is 4.00. The molecule has 2 N–H and O–H groups in total. The van der Waals surface area contributed by atoms with Crippen LogP contribution in [0.3, 0.4) is 0 Å². The summed E-state index contributed by atoms with van der Waals surface area (Å²) >= 11 is 0. The van der Waals surface area contributed by atoms with Crippen LogP contribution in [0, 0.1) is 5.92 Å². The van der Waals surface area contributed by atoms with Gasteiger partial charge in [-0.05, 0) is 56.2 Å². The molecule has 2 rings (SSSR count). The van der Waals surface area contributed by atoms with Gasteiger partial charge in [-0.2, -0.15) is 0 Å². The average Bonchev–Trinajstić information content (AvgIpc) is 2.45. The molecule has 1 aliphatic rings. The SMILES string of the molecule is CC(C(=O)O)C(=O)NC(C)c1ccc2c(c1)CCCC2. The molecule has 0 aliphatic heterocycles. The third kappa shape index (κ3) is 3.18. The van der Waals surface area contributed by atoms with E-state index in [1.165, 1.54) is 30.9 Å². The summed E-state index contributed by atoms with van der Waals surface area (Å²) < 4.78 is 0. The van der Waals surface area contributed by atoms with Crippen LogP contribution in [0.2, 0.25) is 0 Å². The highest BCUT2D eigenvalue weighted by atomic mass is 16.4. The highest BCUT2D eigenvalue weighted by Crippen LogP contribution is 2.24. The van der Waals surface area contributed by atoms with Crippen molar-refractivity contribution in [3.63, 3.8) is 0 Å². The number of carbonyl (C=O) groups is 2. The third-order valence-corrected chi connectivity index (χ3v) is 4.00.